The van der Waals surface area contributed by atoms with Gasteiger partial charge in [0.2, 0.25) is 0 Å². The lowest BCUT2D eigenvalue weighted by Gasteiger charge is -2.09. The Morgan fingerprint density at radius 2 is 1.55 bits per heavy atom. The highest BCUT2D eigenvalue weighted by atomic mass is 16.5. The van der Waals surface area contributed by atoms with E-state index in [4.69, 9.17) is 4.74 Å². The Bertz CT molecular complexity index is 567. The van der Waals surface area contributed by atoms with Crippen LogP contribution in [0.5, 0.6) is 5.75 Å². The van der Waals surface area contributed by atoms with Gasteiger partial charge in [-0.1, -0.05) is 38.0 Å². The van der Waals surface area contributed by atoms with Crippen LogP contribution in [0.3, 0.4) is 0 Å². The van der Waals surface area contributed by atoms with Gasteiger partial charge in [0.25, 0.3) is 0 Å². The van der Waals surface area contributed by atoms with E-state index in [-0.39, 0.29) is 6.03 Å². The molecule has 0 aliphatic heterocycles. The average molecular weight is 298 g/mol. The van der Waals surface area contributed by atoms with E-state index in [1.807, 2.05) is 54.6 Å². The molecule has 0 radical (unpaired) electrons. The molecule has 0 heterocycles. The van der Waals surface area contributed by atoms with Crippen LogP contribution in [-0.2, 0) is 0 Å². The number of rotatable bonds is 7. The van der Waals surface area contributed by atoms with Crippen molar-refractivity contribution in [1.29, 1.82) is 0 Å². The van der Waals surface area contributed by atoms with Crippen molar-refractivity contribution in [3.8, 4) is 5.75 Å². The molecule has 2 amide bonds. The second kappa shape index (κ2) is 8.72. The van der Waals surface area contributed by atoms with Gasteiger partial charge in [-0.15, -0.1) is 0 Å². The molecule has 0 saturated heterocycles. The third kappa shape index (κ3) is 5.48. The number of hydrogen-bond donors (Lipinski definition) is 2. The van der Waals surface area contributed by atoms with Gasteiger partial charge in [-0.25, -0.2) is 4.79 Å². The molecule has 0 aromatic heterocycles. The maximum Gasteiger partial charge on any atom is 0.323 e. The molecular weight excluding hydrogens is 276 g/mol. The number of anilines is 2. The predicted molar refractivity (Wildman–Crippen MR) is 90.5 cm³/mol. The Balaban J connectivity index is 1.79. The summed E-state index contributed by atoms with van der Waals surface area (Å²) < 4.78 is 5.64. The van der Waals surface area contributed by atoms with Crippen LogP contribution in [0.25, 0.3) is 0 Å². The number of para-hydroxylation sites is 1. The number of benzene rings is 2. The molecule has 4 nitrogen and oxygen atoms in total. The topological polar surface area (TPSA) is 50.4 Å². The first kappa shape index (κ1) is 15.9. The number of carbonyl (C=O) groups excluding carboxylic acids is 1. The van der Waals surface area contributed by atoms with Crippen molar-refractivity contribution < 1.29 is 9.53 Å². The number of unbranched alkanes of at least 4 members (excludes halogenated alkanes) is 2. The summed E-state index contributed by atoms with van der Waals surface area (Å²) in [7, 11) is 0. The van der Waals surface area contributed by atoms with Gasteiger partial charge in [0.05, 0.1) is 6.61 Å². The minimum Gasteiger partial charge on any atom is -0.494 e. The molecule has 0 saturated carbocycles. The van der Waals surface area contributed by atoms with Crippen LogP contribution < -0.4 is 15.4 Å². The molecule has 4 heteroatoms. The minimum absolute atomic E-state index is 0.261. The maximum atomic E-state index is 11.9. The molecule has 0 bridgehead atoms. The van der Waals surface area contributed by atoms with Gasteiger partial charge in [0.1, 0.15) is 5.75 Å². The van der Waals surface area contributed by atoms with Crippen LogP contribution in [0.4, 0.5) is 16.2 Å². The fraction of sp³-hybridized carbons (Fsp3) is 0.278. The van der Waals surface area contributed by atoms with Gasteiger partial charge in [0, 0.05) is 11.4 Å². The first-order valence-corrected chi connectivity index (χ1v) is 7.64. The van der Waals surface area contributed by atoms with Gasteiger partial charge >= 0.3 is 6.03 Å². The SMILES string of the molecule is CCCCCOc1ccc(NC(=O)Nc2ccccc2)cc1. The summed E-state index contributed by atoms with van der Waals surface area (Å²) in [6.45, 7) is 2.90. The van der Waals surface area contributed by atoms with E-state index in [9.17, 15) is 4.79 Å². The number of nitrogens with one attached hydrogen (secondary N) is 2. The minimum atomic E-state index is -0.261. The van der Waals surface area contributed by atoms with E-state index in [2.05, 4.69) is 17.6 Å². The molecule has 0 fully saturated rings. The maximum absolute atomic E-state index is 11.9. The van der Waals surface area contributed by atoms with E-state index in [0.717, 1.165) is 30.2 Å². The molecule has 0 unspecified atom stereocenters. The monoisotopic (exact) mass is 298 g/mol. The molecule has 0 aliphatic rings. The normalized spacial score (nSPS) is 10.0. The quantitative estimate of drug-likeness (QED) is 0.714. The van der Waals surface area contributed by atoms with Crippen molar-refractivity contribution in [1.82, 2.24) is 0 Å². The van der Waals surface area contributed by atoms with E-state index in [0.29, 0.717) is 0 Å². The van der Waals surface area contributed by atoms with Crippen LogP contribution in [0.2, 0.25) is 0 Å². The smallest absolute Gasteiger partial charge is 0.323 e. The first-order chi connectivity index (χ1) is 10.8. The van der Waals surface area contributed by atoms with Crippen molar-refractivity contribution in [2.75, 3.05) is 17.2 Å². The van der Waals surface area contributed by atoms with Gasteiger partial charge < -0.3 is 15.4 Å². The van der Waals surface area contributed by atoms with Crippen LogP contribution in [0.1, 0.15) is 26.2 Å². The van der Waals surface area contributed by atoms with E-state index < -0.39 is 0 Å². The Morgan fingerprint density at radius 3 is 2.18 bits per heavy atom. The molecular formula is C18H22N2O2. The van der Waals surface area contributed by atoms with Gasteiger partial charge in [0.15, 0.2) is 0 Å². The lowest BCUT2D eigenvalue weighted by Crippen LogP contribution is -2.19. The second-order valence-corrected chi connectivity index (χ2v) is 5.03. The van der Waals surface area contributed by atoms with Crippen molar-refractivity contribution in [2.24, 2.45) is 0 Å². The fourth-order valence-electron chi connectivity index (χ4n) is 1.99. The van der Waals surface area contributed by atoms with Crippen LogP contribution in [0.15, 0.2) is 54.6 Å². The molecule has 116 valence electrons. The standard InChI is InChI=1S/C18H22N2O2/c1-2-3-7-14-22-17-12-10-16(11-13-17)20-18(21)19-15-8-5-4-6-9-15/h4-6,8-13H,2-3,7,14H2,1H3,(H2,19,20,21). The summed E-state index contributed by atoms with van der Waals surface area (Å²) >= 11 is 0. The molecule has 2 rings (SSSR count). The highest BCUT2D eigenvalue weighted by molar-refractivity contribution is 5.99. The molecule has 2 aromatic carbocycles. The van der Waals surface area contributed by atoms with Crippen LogP contribution >= 0.6 is 0 Å². The molecule has 0 atom stereocenters. The van der Waals surface area contributed by atoms with Crippen LogP contribution in [0, 0.1) is 0 Å². The van der Waals surface area contributed by atoms with E-state index >= 15 is 0 Å². The predicted octanol–water partition coefficient (Wildman–Crippen LogP) is 4.90. The second-order valence-electron chi connectivity index (χ2n) is 5.03. The summed E-state index contributed by atoms with van der Waals surface area (Å²) in [5, 5.41) is 5.56. The Kier molecular flexibility index (Phi) is 6.30. The van der Waals surface area contributed by atoms with Gasteiger partial charge in [-0.3, -0.25) is 0 Å². The third-order valence-electron chi connectivity index (χ3n) is 3.16. The zero-order valence-corrected chi connectivity index (χ0v) is 12.8. The number of carbonyl (C=O) groups is 1. The highest BCUT2D eigenvalue weighted by Gasteiger charge is 2.02. The Morgan fingerprint density at radius 1 is 0.909 bits per heavy atom. The van der Waals surface area contributed by atoms with Crippen molar-refractivity contribution in [3.63, 3.8) is 0 Å². The van der Waals surface area contributed by atoms with Gasteiger partial charge in [-0.2, -0.15) is 0 Å². The van der Waals surface area contributed by atoms with Crippen molar-refractivity contribution >= 4 is 17.4 Å². The Labute approximate surface area is 131 Å². The molecule has 0 spiro atoms. The molecule has 0 aliphatic carbocycles. The lowest BCUT2D eigenvalue weighted by molar-refractivity contribution is 0.262. The zero-order valence-electron chi connectivity index (χ0n) is 12.8. The van der Waals surface area contributed by atoms with E-state index in [1.54, 1.807) is 0 Å². The number of urea groups is 1. The summed E-state index contributed by atoms with van der Waals surface area (Å²) in [6.07, 6.45) is 3.43. The lowest BCUT2D eigenvalue weighted by atomic mass is 10.2. The first-order valence-electron chi connectivity index (χ1n) is 7.64. The van der Waals surface area contributed by atoms with Gasteiger partial charge in [-0.05, 0) is 42.8 Å². The number of hydrogen-bond acceptors (Lipinski definition) is 2. The number of amides is 2. The average Bonchev–Trinajstić information content (AvgIpc) is 2.54. The molecule has 2 N–H and O–H groups in total. The summed E-state index contributed by atoms with van der Waals surface area (Å²) in [5.41, 5.74) is 1.49. The summed E-state index contributed by atoms with van der Waals surface area (Å²) in [6, 6.07) is 16.5. The zero-order chi connectivity index (χ0) is 15.6. The third-order valence-corrected chi connectivity index (χ3v) is 3.16. The molecule has 2 aromatic rings. The van der Waals surface area contributed by atoms with E-state index in [1.165, 1.54) is 12.8 Å². The van der Waals surface area contributed by atoms with Crippen molar-refractivity contribution in [2.45, 2.75) is 26.2 Å². The number of ether oxygens (including phenoxy) is 1. The largest absolute Gasteiger partial charge is 0.494 e. The summed E-state index contributed by atoms with van der Waals surface area (Å²) in [4.78, 5) is 11.9. The van der Waals surface area contributed by atoms with Crippen molar-refractivity contribution in [3.05, 3.63) is 54.6 Å². The van der Waals surface area contributed by atoms with Crippen LogP contribution in [-0.4, -0.2) is 12.6 Å². The summed E-state index contributed by atoms with van der Waals surface area (Å²) in [5.74, 6) is 0.824. The Hall–Kier alpha value is -2.49. The highest BCUT2D eigenvalue weighted by Crippen LogP contribution is 2.16. The molecule has 22 heavy (non-hydrogen) atoms. The fourth-order valence-corrected chi connectivity index (χ4v) is 1.99.